The number of amides is 2. The highest BCUT2D eigenvalue weighted by molar-refractivity contribution is 6.21. The zero-order valence-corrected chi connectivity index (χ0v) is 18.8. The Morgan fingerprint density at radius 3 is 1.79 bits per heavy atom. The van der Waals surface area contributed by atoms with E-state index >= 15 is 0 Å². The van der Waals surface area contributed by atoms with Gasteiger partial charge < -0.3 is 9.68 Å². The molecule has 0 saturated heterocycles. The number of fused-ring (bicyclic) bond motifs is 1. The van der Waals surface area contributed by atoms with Gasteiger partial charge in [-0.15, -0.1) is 0 Å². The first-order chi connectivity index (χ1) is 16.7. The number of carbonyl (C=O) groups excluding carboxylic acids is 2. The van der Waals surface area contributed by atoms with Crippen molar-refractivity contribution in [3.8, 4) is 0 Å². The maximum atomic E-state index is 12.3. The minimum Gasteiger partial charge on any atom is -0.399 e. The first-order valence-electron chi connectivity index (χ1n) is 10.8. The average molecular weight is 460 g/mol. The van der Waals surface area contributed by atoms with Crippen molar-refractivity contribution in [2.45, 2.75) is 19.5 Å². The highest BCUT2D eigenvalue weighted by Crippen LogP contribution is 2.22. The van der Waals surface area contributed by atoms with Crippen LogP contribution in [0, 0.1) is 0 Å². The second-order valence-corrected chi connectivity index (χ2v) is 7.59. The minimum atomic E-state index is -0.370. The standard InChI is InChI=1S/C25H25N5O4/c1-33-26-17-20-7-13-28(14-8-20)11-4-12-29-15-9-21(10-16-29)18-27-34-19-30-24(31)22-5-2-3-6-23(22)25(30)32/h2-3,5-10,13-18H,4,11-12,19H2,1H3/q+2/b26-17-,27-18-. The third-order valence-electron chi connectivity index (χ3n) is 5.31. The zero-order valence-electron chi connectivity index (χ0n) is 18.8. The van der Waals surface area contributed by atoms with E-state index < -0.39 is 0 Å². The van der Waals surface area contributed by atoms with Crippen molar-refractivity contribution in [2.24, 2.45) is 10.3 Å². The zero-order chi connectivity index (χ0) is 23.8. The molecule has 3 aromatic rings. The molecule has 2 aromatic heterocycles. The molecule has 0 N–H and O–H groups in total. The minimum absolute atomic E-state index is 0.229. The van der Waals surface area contributed by atoms with E-state index in [-0.39, 0.29) is 18.5 Å². The quantitative estimate of drug-likeness (QED) is 0.201. The van der Waals surface area contributed by atoms with Gasteiger partial charge in [0, 0.05) is 35.4 Å². The summed E-state index contributed by atoms with van der Waals surface area (Å²) in [7, 11) is 1.52. The fourth-order valence-corrected chi connectivity index (χ4v) is 3.50. The summed E-state index contributed by atoms with van der Waals surface area (Å²) in [5.41, 5.74) is 2.61. The molecule has 1 aromatic carbocycles. The number of hydrogen-bond donors (Lipinski definition) is 0. The van der Waals surface area contributed by atoms with Crippen LogP contribution in [0.15, 0.2) is 83.6 Å². The van der Waals surface area contributed by atoms with E-state index in [0.717, 1.165) is 35.5 Å². The molecule has 4 rings (SSSR count). The topological polar surface area (TPSA) is 88.3 Å². The third kappa shape index (κ3) is 5.50. The van der Waals surface area contributed by atoms with Crippen LogP contribution in [0.2, 0.25) is 0 Å². The molecule has 9 nitrogen and oxygen atoms in total. The highest BCUT2D eigenvalue weighted by Gasteiger charge is 2.35. The average Bonchev–Trinajstić information content (AvgIpc) is 3.12. The molecule has 2 amide bonds. The summed E-state index contributed by atoms with van der Waals surface area (Å²) < 4.78 is 4.22. The molecule has 0 radical (unpaired) electrons. The van der Waals surface area contributed by atoms with Crippen LogP contribution in [-0.2, 0) is 22.8 Å². The van der Waals surface area contributed by atoms with Crippen molar-refractivity contribution in [1.29, 1.82) is 0 Å². The first kappa shape index (κ1) is 22.8. The molecular weight excluding hydrogens is 434 g/mol. The summed E-state index contributed by atoms with van der Waals surface area (Å²) >= 11 is 0. The Hall–Kier alpha value is -4.40. The lowest BCUT2D eigenvalue weighted by Gasteiger charge is -2.11. The van der Waals surface area contributed by atoms with Crippen molar-refractivity contribution in [3.05, 3.63) is 95.6 Å². The van der Waals surface area contributed by atoms with Crippen molar-refractivity contribution < 1.29 is 28.4 Å². The number of imide groups is 1. The highest BCUT2D eigenvalue weighted by atomic mass is 16.6. The molecule has 1 aliphatic rings. The molecule has 0 atom stereocenters. The molecule has 9 heteroatoms. The molecule has 172 valence electrons. The predicted octanol–water partition coefficient (Wildman–Crippen LogP) is 1.94. The van der Waals surface area contributed by atoms with Gasteiger partial charge in [0.15, 0.2) is 44.6 Å². The van der Waals surface area contributed by atoms with E-state index in [1.807, 2.05) is 49.1 Å². The molecule has 3 heterocycles. The number of nitrogens with zero attached hydrogens (tertiary/aromatic N) is 5. The number of hydrogen-bond acceptors (Lipinski definition) is 6. The summed E-state index contributed by atoms with van der Waals surface area (Å²) in [6.45, 7) is 1.53. The molecular formula is C25H25N5O4+2. The molecule has 0 unspecified atom stereocenters. The van der Waals surface area contributed by atoms with Gasteiger partial charge >= 0.3 is 0 Å². The summed E-state index contributed by atoms with van der Waals surface area (Å²) in [4.78, 5) is 35.5. The van der Waals surface area contributed by atoms with E-state index in [0.29, 0.717) is 11.1 Å². The molecule has 0 saturated carbocycles. The fourth-order valence-electron chi connectivity index (χ4n) is 3.50. The van der Waals surface area contributed by atoms with Gasteiger partial charge in [-0.05, 0) is 12.1 Å². The van der Waals surface area contributed by atoms with Crippen LogP contribution < -0.4 is 9.13 Å². The third-order valence-corrected chi connectivity index (χ3v) is 5.31. The van der Waals surface area contributed by atoms with E-state index in [1.54, 1.807) is 36.7 Å². The van der Waals surface area contributed by atoms with Crippen LogP contribution in [0.1, 0.15) is 38.3 Å². The second kappa shape index (κ2) is 11.0. The number of oxime groups is 2. The van der Waals surface area contributed by atoms with Gasteiger partial charge in [-0.3, -0.25) is 9.59 Å². The van der Waals surface area contributed by atoms with Gasteiger partial charge in [-0.25, -0.2) is 14.0 Å². The van der Waals surface area contributed by atoms with Gasteiger partial charge in [-0.2, -0.15) is 0 Å². The molecule has 34 heavy (non-hydrogen) atoms. The van der Waals surface area contributed by atoms with Crippen molar-refractivity contribution in [1.82, 2.24) is 4.90 Å². The van der Waals surface area contributed by atoms with Gasteiger partial charge in [-0.1, -0.05) is 22.4 Å². The van der Waals surface area contributed by atoms with Crippen molar-refractivity contribution in [3.63, 3.8) is 0 Å². The summed E-state index contributed by atoms with van der Waals surface area (Å²) in [6.07, 6.45) is 12.2. The Labute approximate surface area is 197 Å². The van der Waals surface area contributed by atoms with Crippen LogP contribution in [0.3, 0.4) is 0 Å². The largest absolute Gasteiger partial charge is 0.399 e. The van der Waals surface area contributed by atoms with E-state index in [1.165, 1.54) is 7.11 Å². The van der Waals surface area contributed by atoms with E-state index in [9.17, 15) is 9.59 Å². The molecule has 0 spiro atoms. The lowest BCUT2D eigenvalue weighted by atomic mass is 10.1. The lowest BCUT2D eigenvalue weighted by Crippen LogP contribution is -2.38. The van der Waals surface area contributed by atoms with Crippen LogP contribution in [0.25, 0.3) is 0 Å². The first-order valence-corrected chi connectivity index (χ1v) is 10.8. The molecule has 0 fully saturated rings. The van der Waals surface area contributed by atoms with Crippen LogP contribution in [-0.4, -0.2) is 43.0 Å². The maximum Gasteiger partial charge on any atom is 0.264 e. The van der Waals surface area contributed by atoms with Crippen LogP contribution in [0.5, 0.6) is 0 Å². The normalized spacial score (nSPS) is 13.1. The van der Waals surface area contributed by atoms with Gasteiger partial charge in [0.2, 0.25) is 0 Å². The smallest absolute Gasteiger partial charge is 0.264 e. The van der Waals surface area contributed by atoms with E-state index in [2.05, 4.69) is 24.3 Å². The Morgan fingerprint density at radius 2 is 1.29 bits per heavy atom. The predicted molar refractivity (Wildman–Crippen MR) is 123 cm³/mol. The van der Waals surface area contributed by atoms with Crippen molar-refractivity contribution >= 4 is 24.2 Å². The Balaban J connectivity index is 1.21. The number of carbonyl (C=O) groups is 2. The van der Waals surface area contributed by atoms with Gasteiger partial charge in [0.25, 0.3) is 11.8 Å². The number of aryl methyl sites for hydroxylation is 2. The molecule has 0 aliphatic carbocycles. The Kier molecular flexibility index (Phi) is 7.34. The number of aromatic nitrogens is 2. The van der Waals surface area contributed by atoms with Crippen LogP contribution >= 0.6 is 0 Å². The Morgan fingerprint density at radius 1 is 0.794 bits per heavy atom. The van der Waals surface area contributed by atoms with Crippen LogP contribution in [0.4, 0.5) is 0 Å². The van der Waals surface area contributed by atoms with E-state index in [4.69, 9.17) is 4.84 Å². The van der Waals surface area contributed by atoms with Crippen molar-refractivity contribution in [2.75, 3.05) is 13.8 Å². The lowest BCUT2D eigenvalue weighted by molar-refractivity contribution is -0.726. The SMILES string of the molecule is CO/N=C\c1cc[n+](CCC[n+]2ccc(/C=N\OCN3C(=O)c4ccccc4C3=O)cc2)cc1. The molecule has 0 bridgehead atoms. The fraction of sp³-hybridized carbons (Fsp3) is 0.200. The number of benzene rings is 1. The molecule has 1 aliphatic heterocycles. The second-order valence-electron chi connectivity index (χ2n) is 7.59. The summed E-state index contributed by atoms with van der Waals surface area (Å²) in [6, 6.07) is 14.5. The summed E-state index contributed by atoms with van der Waals surface area (Å²) in [5.74, 6) is -0.740. The number of pyridine rings is 2. The number of rotatable bonds is 10. The maximum absolute atomic E-state index is 12.3. The van der Waals surface area contributed by atoms with Gasteiger partial charge in [0.05, 0.1) is 30.0 Å². The Bertz CT molecular complexity index is 1170. The van der Waals surface area contributed by atoms with Gasteiger partial charge in [0.1, 0.15) is 7.11 Å². The summed E-state index contributed by atoms with van der Waals surface area (Å²) in [5, 5.41) is 7.65. The monoisotopic (exact) mass is 459 g/mol.